The summed E-state index contributed by atoms with van der Waals surface area (Å²) in [7, 11) is 0. The zero-order chi connectivity index (χ0) is 8.72. The van der Waals surface area contributed by atoms with Crippen LogP contribution in [0.5, 0.6) is 0 Å². The third-order valence-electron chi connectivity index (χ3n) is 3.67. The van der Waals surface area contributed by atoms with Gasteiger partial charge in [-0.2, -0.15) is 0 Å². The fraction of sp³-hybridized carbons (Fsp3) is 1.00. The van der Waals surface area contributed by atoms with Crippen LogP contribution in [0.3, 0.4) is 0 Å². The van der Waals surface area contributed by atoms with Crippen molar-refractivity contribution in [1.82, 2.24) is 4.90 Å². The molecule has 1 saturated heterocycles. The summed E-state index contributed by atoms with van der Waals surface area (Å²) in [6, 6.07) is 1.21. The van der Waals surface area contributed by atoms with Crippen LogP contribution in [0.25, 0.3) is 0 Å². The number of fused-ring (bicyclic) bond motifs is 1. The van der Waals surface area contributed by atoms with Crippen molar-refractivity contribution in [3.63, 3.8) is 0 Å². The van der Waals surface area contributed by atoms with Crippen LogP contribution in [0.4, 0.5) is 0 Å². The van der Waals surface area contributed by atoms with Crippen molar-refractivity contribution < 1.29 is 0 Å². The van der Waals surface area contributed by atoms with Crippen LogP contribution in [0, 0.1) is 11.8 Å². The quantitative estimate of drug-likeness (QED) is 0.634. The summed E-state index contributed by atoms with van der Waals surface area (Å²) in [4.78, 5) is 2.58. The summed E-state index contributed by atoms with van der Waals surface area (Å²) in [6.45, 7) is 7.12. The molecule has 1 heterocycles. The lowest BCUT2D eigenvalue weighted by atomic mass is 9.98. The molecule has 2 nitrogen and oxygen atoms in total. The summed E-state index contributed by atoms with van der Waals surface area (Å²) in [5, 5.41) is 0. The Balaban J connectivity index is 1.98. The van der Waals surface area contributed by atoms with Crippen LogP contribution in [-0.4, -0.2) is 30.1 Å². The number of nitrogens with zero attached hydrogens (tertiary/aromatic N) is 1. The van der Waals surface area contributed by atoms with Crippen LogP contribution in [-0.2, 0) is 0 Å². The van der Waals surface area contributed by atoms with Crippen molar-refractivity contribution in [2.45, 2.75) is 38.8 Å². The monoisotopic (exact) mass is 168 g/mol. The van der Waals surface area contributed by atoms with Crippen molar-refractivity contribution in [3.05, 3.63) is 0 Å². The minimum absolute atomic E-state index is 0.499. The highest BCUT2D eigenvalue weighted by molar-refractivity contribution is 4.96. The Morgan fingerprint density at radius 1 is 1.25 bits per heavy atom. The average Bonchev–Trinajstić information content (AvgIpc) is 2.53. The Bertz CT molecular complexity index is 167. The smallest absolute Gasteiger partial charge is 0.00826 e. The Labute approximate surface area is 75.1 Å². The number of likely N-dealkylation sites (tertiary alicyclic amines) is 1. The Kier molecular flexibility index (Phi) is 2.13. The third-order valence-corrected chi connectivity index (χ3v) is 3.67. The van der Waals surface area contributed by atoms with E-state index in [1.54, 1.807) is 0 Å². The van der Waals surface area contributed by atoms with Gasteiger partial charge in [-0.3, -0.25) is 0 Å². The maximum atomic E-state index is 6.06. The van der Waals surface area contributed by atoms with Crippen molar-refractivity contribution in [1.29, 1.82) is 0 Å². The topological polar surface area (TPSA) is 29.3 Å². The predicted molar refractivity (Wildman–Crippen MR) is 50.9 cm³/mol. The van der Waals surface area contributed by atoms with E-state index in [9.17, 15) is 0 Å². The zero-order valence-electron chi connectivity index (χ0n) is 8.16. The number of hydrogen-bond acceptors (Lipinski definition) is 2. The van der Waals surface area contributed by atoms with Crippen molar-refractivity contribution in [2.75, 3.05) is 13.1 Å². The highest BCUT2D eigenvalue weighted by atomic mass is 15.2. The molecule has 0 spiro atoms. The Morgan fingerprint density at radius 2 is 2.00 bits per heavy atom. The first-order chi connectivity index (χ1) is 5.68. The van der Waals surface area contributed by atoms with Gasteiger partial charge in [-0.15, -0.1) is 0 Å². The SMILES string of the molecule is CC(C)N1CC2CC[C@@H](N)C2C1. The molecule has 2 N–H and O–H groups in total. The molecule has 1 aliphatic heterocycles. The van der Waals surface area contributed by atoms with E-state index in [1.807, 2.05) is 0 Å². The fourth-order valence-corrected chi connectivity index (χ4v) is 2.76. The standard InChI is InChI=1S/C10H20N2/c1-7(2)12-5-8-3-4-10(11)9(8)6-12/h7-10H,3-6,11H2,1-2H3/t8?,9?,10-/m1/s1. The lowest BCUT2D eigenvalue weighted by Gasteiger charge is -2.22. The minimum Gasteiger partial charge on any atom is -0.327 e. The lowest BCUT2D eigenvalue weighted by Crippen LogP contribution is -2.33. The van der Waals surface area contributed by atoms with Gasteiger partial charge in [0.15, 0.2) is 0 Å². The number of hydrogen-bond donors (Lipinski definition) is 1. The molecular weight excluding hydrogens is 148 g/mol. The molecule has 1 aliphatic carbocycles. The molecule has 2 aliphatic rings. The molecule has 2 rings (SSSR count). The first kappa shape index (κ1) is 8.52. The predicted octanol–water partition coefficient (Wildman–Crippen LogP) is 1.06. The summed E-state index contributed by atoms with van der Waals surface area (Å²) >= 11 is 0. The molecule has 70 valence electrons. The summed E-state index contributed by atoms with van der Waals surface area (Å²) < 4.78 is 0. The van der Waals surface area contributed by atoms with Gasteiger partial charge in [-0.05, 0) is 38.5 Å². The zero-order valence-corrected chi connectivity index (χ0v) is 8.16. The van der Waals surface area contributed by atoms with E-state index in [0.29, 0.717) is 12.1 Å². The summed E-state index contributed by atoms with van der Waals surface area (Å²) in [5.41, 5.74) is 6.06. The molecule has 0 aromatic heterocycles. The maximum Gasteiger partial charge on any atom is 0.00826 e. The molecule has 0 radical (unpaired) electrons. The first-order valence-corrected chi connectivity index (χ1v) is 5.18. The molecule has 3 atom stereocenters. The van der Waals surface area contributed by atoms with Crippen LogP contribution >= 0.6 is 0 Å². The van der Waals surface area contributed by atoms with Gasteiger partial charge in [0.25, 0.3) is 0 Å². The number of nitrogens with two attached hydrogens (primary N) is 1. The first-order valence-electron chi connectivity index (χ1n) is 5.18. The highest BCUT2D eigenvalue weighted by Gasteiger charge is 2.41. The van der Waals surface area contributed by atoms with Gasteiger partial charge in [-0.25, -0.2) is 0 Å². The molecule has 12 heavy (non-hydrogen) atoms. The molecule has 0 aromatic carbocycles. The van der Waals surface area contributed by atoms with Gasteiger partial charge in [0.1, 0.15) is 0 Å². The Hall–Kier alpha value is -0.0800. The van der Waals surface area contributed by atoms with Gasteiger partial charge in [0.05, 0.1) is 0 Å². The molecule has 1 saturated carbocycles. The normalized spacial score (nSPS) is 42.5. The lowest BCUT2D eigenvalue weighted by molar-refractivity contribution is 0.251. The summed E-state index contributed by atoms with van der Waals surface area (Å²) in [5.74, 6) is 1.73. The fourth-order valence-electron chi connectivity index (χ4n) is 2.76. The van der Waals surface area contributed by atoms with Crippen LogP contribution in [0.2, 0.25) is 0 Å². The Morgan fingerprint density at radius 3 is 2.58 bits per heavy atom. The molecule has 0 aromatic rings. The van der Waals surface area contributed by atoms with Gasteiger partial charge in [-0.1, -0.05) is 0 Å². The van der Waals surface area contributed by atoms with E-state index in [1.165, 1.54) is 25.9 Å². The van der Waals surface area contributed by atoms with Crippen molar-refractivity contribution in [2.24, 2.45) is 17.6 Å². The van der Waals surface area contributed by atoms with E-state index < -0.39 is 0 Å². The summed E-state index contributed by atoms with van der Waals surface area (Å²) in [6.07, 6.45) is 2.64. The van der Waals surface area contributed by atoms with Gasteiger partial charge < -0.3 is 10.6 Å². The van der Waals surface area contributed by atoms with Gasteiger partial charge in [0, 0.05) is 25.2 Å². The molecule has 2 unspecified atom stereocenters. The van der Waals surface area contributed by atoms with E-state index in [4.69, 9.17) is 5.73 Å². The highest BCUT2D eigenvalue weighted by Crippen LogP contribution is 2.37. The molecule has 0 amide bonds. The molecule has 2 heteroatoms. The minimum atomic E-state index is 0.499. The second-order valence-corrected chi connectivity index (χ2v) is 4.71. The van der Waals surface area contributed by atoms with E-state index >= 15 is 0 Å². The second-order valence-electron chi connectivity index (χ2n) is 4.71. The third kappa shape index (κ3) is 1.27. The molecule has 0 bridgehead atoms. The average molecular weight is 168 g/mol. The van der Waals surface area contributed by atoms with Gasteiger partial charge in [0.2, 0.25) is 0 Å². The van der Waals surface area contributed by atoms with Crippen LogP contribution < -0.4 is 5.73 Å². The maximum absolute atomic E-state index is 6.06. The van der Waals surface area contributed by atoms with Crippen molar-refractivity contribution in [3.8, 4) is 0 Å². The molecule has 2 fully saturated rings. The van der Waals surface area contributed by atoms with Crippen LogP contribution in [0.1, 0.15) is 26.7 Å². The largest absolute Gasteiger partial charge is 0.327 e. The van der Waals surface area contributed by atoms with Gasteiger partial charge >= 0.3 is 0 Å². The van der Waals surface area contributed by atoms with E-state index in [2.05, 4.69) is 18.7 Å². The molecular formula is C10H20N2. The van der Waals surface area contributed by atoms with Crippen molar-refractivity contribution >= 4 is 0 Å². The van der Waals surface area contributed by atoms with E-state index in [-0.39, 0.29) is 0 Å². The van der Waals surface area contributed by atoms with Crippen LogP contribution in [0.15, 0.2) is 0 Å². The second kappa shape index (κ2) is 3.00. The number of rotatable bonds is 1. The van der Waals surface area contributed by atoms with E-state index in [0.717, 1.165) is 11.8 Å².